The first-order valence-corrected chi connectivity index (χ1v) is 5.44. The van der Waals surface area contributed by atoms with Crippen molar-refractivity contribution < 1.29 is 4.74 Å². The lowest BCUT2D eigenvalue weighted by molar-refractivity contribution is 0.102. The van der Waals surface area contributed by atoms with E-state index in [0.717, 1.165) is 13.2 Å². The molecule has 1 N–H and O–H groups in total. The van der Waals surface area contributed by atoms with E-state index in [1.807, 2.05) is 0 Å². The van der Waals surface area contributed by atoms with Gasteiger partial charge in [0.15, 0.2) is 0 Å². The van der Waals surface area contributed by atoms with E-state index in [9.17, 15) is 0 Å². The number of nitrogens with one attached hydrogen (secondary N) is 1. The Morgan fingerprint density at radius 1 is 1.38 bits per heavy atom. The summed E-state index contributed by atoms with van der Waals surface area (Å²) in [7, 11) is 0. The summed E-state index contributed by atoms with van der Waals surface area (Å²) in [5, 5.41) is 3.49. The Bertz CT molecular complexity index is 134. The van der Waals surface area contributed by atoms with Gasteiger partial charge in [-0.1, -0.05) is 0 Å². The van der Waals surface area contributed by atoms with Crippen molar-refractivity contribution in [3.63, 3.8) is 0 Å². The van der Waals surface area contributed by atoms with Crippen molar-refractivity contribution in [3.8, 4) is 0 Å². The predicted molar refractivity (Wildman–Crippen MR) is 56.0 cm³/mol. The molecule has 0 radical (unpaired) electrons. The summed E-state index contributed by atoms with van der Waals surface area (Å²) < 4.78 is 5.56. The van der Waals surface area contributed by atoms with E-state index < -0.39 is 0 Å². The average molecular weight is 185 g/mol. The number of hydrogen-bond donors (Lipinski definition) is 1. The molecule has 0 aromatic rings. The smallest absolute Gasteiger partial charge is 0.0576 e. The van der Waals surface area contributed by atoms with E-state index in [-0.39, 0.29) is 5.54 Å². The van der Waals surface area contributed by atoms with E-state index in [1.54, 1.807) is 0 Å². The molecular weight excluding hydrogens is 162 g/mol. The summed E-state index contributed by atoms with van der Waals surface area (Å²) >= 11 is 0. The maximum atomic E-state index is 5.56. The minimum Gasteiger partial charge on any atom is -0.378 e. The van der Waals surface area contributed by atoms with Gasteiger partial charge >= 0.3 is 0 Å². The average Bonchev–Trinajstić information content (AvgIpc) is 2.48. The molecule has 1 aliphatic heterocycles. The lowest BCUT2D eigenvalue weighted by Gasteiger charge is -2.20. The molecule has 0 aromatic carbocycles. The highest BCUT2D eigenvalue weighted by molar-refractivity contribution is 4.71. The molecule has 1 saturated heterocycles. The Balaban J connectivity index is 1.94. The van der Waals surface area contributed by atoms with Gasteiger partial charge in [0.05, 0.1) is 6.10 Å². The lowest BCUT2D eigenvalue weighted by atomic mass is 10.1. The van der Waals surface area contributed by atoms with Gasteiger partial charge in [0, 0.05) is 12.1 Å². The van der Waals surface area contributed by atoms with Crippen LogP contribution < -0.4 is 5.32 Å². The van der Waals surface area contributed by atoms with Crippen molar-refractivity contribution >= 4 is 0 Å². The number of hydrogen-bond acceptors (Lipinski definition) is 2. The zero-order chi connectivity index (χ0) is 9.73. The second-order valence-corrected chi connectivity index (χ2v) is 4.95. The van der Waals surface area contributed by atoms with Gasteiger partial charge in [-0.15, -0.1) is 0 Å². The zero-order valence-corrected chi connectivity index (χ0v) is 9.23. The molecular formula is C11H23NO. The highest BCUT2D eigenvalue weighted by Crippen LogP contribution is 2.16. The molecule has 0 aromatic heterocycles. The third-order valence-corrected chi connectivity index (χ3v) is 2.38. The van der Waals surface area contributed by atoms with Crippen LogP contribution in [0.3, 0.4) is 0 Å². The summed E-state index contributed by atoms with van der Waals surface area (Å²) in [5.41, 5.74) is 0.260. The largest absolute Gasteiger partial charge is 0.378 e. The first-order valence-electron chi connectivity index (χ1n) is 5.44. The van der Waals surface area contributed by atoms with E-state index in [2.05, 4.69) is 26.1 Å². The van der Waals surface area contributed by atoms with Crippen molar-refractivity contribution in [1.82, 2.24) is 5.32 Å². The number of rotatable bonds is 4. The monoisotopic (exact) mass is 185 g/mol. The zero-order valence-electron chi connectivity index (χ0n) is 9.23. The van der Waals surface area contributed by atoms with Gasteiger partial charge in [0.2, 0.25) is 0 Å². The Morgan fingerprint density at radius 3 is 2.69 bits per heavy atom. The minimum atomic E-state index is 0.260. The summed E-state index contributed by atoms with van der Waals surface area (Å²) in [4.78, 5) is 0. The Hall–Kier alpha value is -0.0800. The first kappa shape index (κ1) is 11.0. The molecule has 13 heavy (non-hydrogen) atoms. The Morgan fingerprint density at radius 2 is 2.15 bits per heavy atom. The van der Waals surface area contributed by atoms with Gasteiger partial charge in [-0.2, -0.15) is 0 Å². The maximum Gasteiger partial charge on any atom is 0.0576 e. The van der Waals surface area contributed by atoms with Gasteiger partial charge in [-0.25, -0.2) is 0 Å². The van der Waals surface area contributed by atoms with Crippen LogP contribution in [0, 0.1) is 0 Å². The van der Waals surface area contributed by atoms with Gasteiger partial charge < -0.3 is 10.1 Å². The van der Waals surface area contributed by atoms with Gasteiger partial charge in [-0.3, -0.25) is 0 Å². The van der Waals surface area contributed by atoms with Crippen molar-refractivity contribution in [1.29, 1.82) is 0 Å². The highest BCUT2D eigenvalue weighted by atomic mass is 16.5. The molecule has 1 fully saturated rings. The van der Waals surface area contributed by atoms with Crippen LogP contribution in [0.4, 0.5) is 0 Å². The normalized spacial score (nSPS) is 23.8. The van der Waals surface area contributed by atoms with E-state index in [4.69, 9.17) is 4.74 Å². The standard InChI is InChI=1S/C11H23NO/c1-11(2,3)12-8-4-6-10-7-5-9-13-10/h10,12H,4-9H2,1-3H3. The van der Waals surface area contributed by atoms with Crippen LogP contribution in [-0.2, 0) is 4.74 Å². The predicted octanol–water partition coefficient (Wildman–Crippen LogP) is 2.33. The molecule has 1 aliphatic rings. The topological polar surface area (TPSA) is 21.3 Å². The summed E-state index contributed by atoms with van der Waals surface area (Å²) in [5.74, 6) is 0. The fraction of sp³-hybridized carbons (Fsp3) is 1.00. The molecule has 2 nitrogen and oxygen atoms in total. The molecule has 1 heterocycles. The van der Waals surface area contributed by atoms with Crippen molar-refractivity contribution in [3.05, 3.63) is 0 Å². The van der Waals surface area contributed by atoms with Crippen molar-refractivity contribution in [2.75, 3.05) is 13.2 Å². The second-order valence-electron chi connectivity index (χ2n) is 4.95. The van der Waals surface area contributed by atoms with Crippen LogP contribution in [0.2, 0.25) is 0 Å². The maximum absolute atomic E-state index is 5.56. The van der Waals surface area contributed by atoms with E-state index in [0.29, 0.717) is 6.10 Å². The first-order chi connectivity index (χ1) is 6.08. The summed E-state index contributed by atoms with van der Waals surface area (Å²) in [6, 6.07) is 0. The Kier molecular flexibility index (Phi) is 4.20. The summed E-state index contributed by atoms with van der Waals surface area (Å²) in [6.07, 6.45) is 5.56. The molecule has 0 bridgehead atoms. The molecule has 1 rings (SSSR count). The summed E-state index contributed by atoms with van der Waals surface area (Å²) in [6.45, 7) is 8.72. The highest BCUT2D eigenvalue weighted by Gasteiger charge is 2.15. The van der Waals surface area contributed by atoms with Gasteiger partial charge in [0.25, 0.3) is 0 Å². The fourth-order valence-corrected chi connectivity index (χ4v) is 1.67. The van der Waals surface area contributed by atoms with Crippen LogP contribution in [0.5, 0.6) is 0 Å². The van der Waals surface area contributed by atoms with Crippen molar-refractivity contribution in [2.24, 2.45) is 0 Å². The SMILES string of the molecule is CC(C)(C)NCCCC1CCCO1. The Labute approximate surface area is 82.0 Å². The lowest BCUT2D eigenvalue weighted by Crippen LogP contribution is -2.36. The van der Waals surface area contributed by atoms with Crippen LogP contribution in [-0.4, -0.2) is 24.8 Å². The number of ether oxygens (including phenoxy) is 1. The quantitative estimate of drug-likeness (QED) is 0.679. The van der Waals surface area contributed by atoms with Gasteiger partial charge in [0.1, 0.15) is 0 Å². The van der Waals surface area contributed by atoms with Crippen molar-refractivity contribution in [2.45, 2.75) is 58.1 Å². The van der Waals surface area contributed by atoms with E-state index >= 15 is 0 Å². The third kappa shape index (κ3) is 5.27. The second kappa shape index (κ2) is 4.97. The molecule has 0 amide bonds. The van der Waals surface area contributed by atoms with Crippen LogP contribution in [0.15, 0.2) is 0 Å². The fourth-order valence-electron chi connectivity index (χ4n) is 1.67. The van der Waals surface area contributed by atoms with Crippen LogP contribution in [0.25, 0.3) is 0 Å². The molecule has 1 atom stereocenters. The molecule has 78 valence electrons. The molecule has 0 spiro atoms. The molecule has 1 unspecified atom stereocenters. The minimum absolute atomic E-state index is 0.260. The van der Waals surface area contributed by atoms with Gasteiger partial charge in [-0.05, 0) is 53.0 Å². The molecule has 0 aliphatic carbocycles. The van der Waals surface area contributed by atoms with Crippen LogP contribution in [0.1, 0.15) is 46.5 Å². The molecule has 0 saturated carbocycles. The van der Waals surface area contributed by atoms with Crippen LogP contribution >= 0.6 is 0 Å². The van der Waals surface area contributed by atoms with E-state index in [1.165, 1.54) is 25.7 Å². The third-order valence-electron chi connectivity index (χ3n) is 2.38. The molecule has 2 heteroatoms.